The molecule has 0 nitrogen and oxygen atoms in total. The van der Waals surface area contributed by atoms with Gasteiger partial charge in [0.2, 0.25) is 0 Å². The number of hydrogen-bond donors (Lipinski definition) is 0. The van der Waals surface area contributed by atoms with Crippen molar-refractivity contribution in [1.29, 1.82) is 0 Å². The Morgan fingerprint density at radius 3 is 1.19 bits per heavy atom. The van der Waals surface area contributed by atoms with Crippen molar-refractivity contribution in [3.8, 4) is 0 Å². The predicted molar refractivity (Wildman–Crippen MR) is 97.2 cm³/mol. The van der Waals surface area contributed by atoms with Gasteiger partial charge in [-0.2, -0.15) is 0 Å². The third-order valence-corrected chi connectivity index (χ3v) is 15.8. The quantitative estimate of drug-likeness (QED) is 0.529. The van der Waals surface area contributed by atoms with Crippen LogP contribution in [-0.4, -0.2) is 9.38 Å². The van der Waals surface area contributed by atoms with Gasteiger partial charge in [-0.25, -0.2) is 0 Å². The van der Waals surface area contributed by atoms with Crippen LogP contribution < -0.4 is 24.8 Å². The Kier molecular flexibility index (Phi) is 9.29. The summed E-state index contributed by atoms with van der Waals surface area (Å²) in [6.07, 6.45) is -4.20. The van der Waals surface area contributed by atoms with Crippen LogP contribution in [0.2, 0.25) is 0 Å². The van der Waals surface area contributed by atoms with Crippen molar-refractivity contribution < 1.29 is 59.3 Å². The van der Waals surface area contributed by atoms with E-state index in [0.717, 1.165) is 17.7 Å². The van der Waals surface area contributed by atoms with Gasteiger partial charge in [0.15, 0.2) is 0 Å². The summed E-state index contributed by atoms with van der Waals surface area (Å²) in [5, 5.41) is 0. The monoisotopic (exact) mass is 498 g/mol. The van der Waals surface area contributed by atoms with E-state index in [1.807, 2.05) is 13.8 Å². The maximum atomic E-state index is 13.8. The Labute approximate surface area is 182 Å². The molecule has 2 aliphatic carbocycles. The molecule has 0 aromatic heterocycles. The maximum absolute atomic E-state index is 13.8. The molecule has 27 heavy (non-hydrogen) atoms. The van der Waals surface area contributed by atoms with Gasteiger partial charge in [0, 0.05) is 0 Å². The Balaban J connectivity index is 0.00000338. The second-order valence-electron chi connectivity index (χ2n) is 7.63. The van der Waals surface area contributed by atoms with Crippen LogP contribution in [0.4, 0.5) is 13.2 Å². The molecule has 0 saturated carbocycles. The van der Waals surface area contributed by atoms with Crippen molar-refractivity contribution >= 4 is 3.21 Å². The van der Waals surface area contributed by atoms with E-state index >= 15 is 0 Å². The van der Waals surface area contributed by atoms with E-state index in [1.165, 1.54) is 29.2 Å². The molecule has 0 aliphatic heterocycles. The topological polar surface area (TPSA) is 0 Å². The van der Waals surface area contributed by atoms with Crippen molar-refractivity contribution in [3.63, 3.8) is 0 Å². The number of allylic oxidation sites excluding steroid dienone is 8. The van der Waals surface area contributed by atoms with E-state index in [9.17, 15) is 13.2 Å². The summed E-state index contributed by atoms with van der Waals surface area (Å²) in [4.78, 5) is 0. The zero-order chi connectivity index (χ0) is 19.4. The number of rotatable bonds is 2. The van der Waals surface area contributed by atoms with Gasteiger partial charge < -0.3 is 24.8 Å². The predicted octanol–water partition coefficient (Wildman–Crippen LogP) is 0.887. The normalized spacial score (nSPS) is 22.8. The Morgan fingerprint density at radius 1 is 0.704 bits per heavy atom. The van der Waals surface area contributed by atoms with Crippen molar-refractivity contribution in [2.45, 2.75) is 68.5 Å². The zero-order valence-corrected chi connectivity index (χ0v) is 21.5. The van der Waals surface area contributed by atoms with Gasteiger partial charge in [0.1, 0.15) is 0 Å². The SMILES string of the molecule is CC1=C(C)C(C)[C]([Zr+2]([C]2=C(C)C(C)=C(C)C2C)=[C](C)C(F)(F)F)=C1C.[Cl-].[Cl-]. The zero-order valence-electron chi connectivity index (χ0n) is 17.5. The second-order valence-corrected chi connectivity index (χ2v) is 14.0. The van der Waals surface area contributed by atoms with Crippen LogP contribution in [0.15, 0.2) is 40.0 Å². The Bertz CT molecular complexity index is 739. The molecule has 2 rings (SSSR count). The molecule has 0 spiro atoms. The van der Waals surface area contributed by atoms with Crippen LogP contribution in [-0.2, 0) is 21.3 Å². The van der Waals surface area contributed by atoms with Gasteiger partial charge in [0.05, 0.1) is 0 Å². The molecule has 6 heteroatoms. The molecule has 2 unspecified atom stereocenters. The van der Waals surface area contributed by atoms with Crippen LogP contribution >= 0.6 is 0 Å². The first-order valence-corrected chi connectivity index (χ1v) is 12.6. The maximum Gasteiger partial charge on any atom is -1.00 e. The summed E-state index contributed by atoms with van der Waals surface area (Å²) < 4.78 is 43.6. The van der Waals surface area contributed by atoms with Crippen molar-refractivity contribution in [3.05, 3.63) is 40.0 Å². The summed E-state index contributed by atoms with van der Waals surface area (Å²) in [5.74, 6) is 0.279. The molecule has 2 atom stereocenters. The summed E-state index contributed by atoms with van der Waals surface area (Å²) in [7, 11) is 0. The summed E-state index contributed by atoms with van der Waals surface area (Å²) in [6, 6.07) is 0. The minimum absolute atomic E-state index is 0. The fourth-order valence-electron chi connectivity index (χ4n) is 4.23. The second kappa shape index (κ2) is 9.27. The van der Waals surface area contributed by atoms with Gasteiger partial charge in [-0.15, -0.1) is 0 Å². The first-order chi connectivity index (χ1) is 11.3. The molecule has 0 amide bonds. The number of alkyl halides is 3. The van der Waals surface area contributed by atoms with Crippen molar-refractivity contribution in [2.75, 3.05) is 0 Å². The van der Waals surface area contributed by atoms with Crippen molar-refractivity contribution in [1.82, 2.24) is 0 Å². The third kappa shape index (κ3) is 4.48. The molecule has 0 aromatic carbocycles. The Hall–Kier alpha value is 0.0831. The van der Waals surface area contributed by atoms with E-state index in [0.29, 0.717) is 0 Å². The summed E-state index contributed by atoms with van der Waals surface area (Å²) in [6.45, 7) is 17.9. The van der Waals surface area contributed by atoms with Gasteiger partial charge in [0.25, 0.3) is 0 Å². The van der Waals surface area contributed by atoms with Gasteiger partial charge in [-0.1, -0.05) is 0 Å². The van der Waals surface area contributed by atoms with E-state index in [-0.39, 0.29) is 39.9 Å². The van der Waals surface area contributed by atoms with Crippen LogP contribution in [0.3, 0.4) is 0 Å². The largest absolute Gasteiger partial charge is 1.00 e. The van der Waals surface area contributed by atoms with Crippen LogP contribution in [0.1, 0.15) is 62.3 Å². The fraction of sp³-hybridized carbons (Fsp3) is 0.571. The molecule has 0 N–H and O–H groups in total. The molecule has 0 heterocycles. The van der Waals surface area contributed by atoms with Gasteiger partial charge >= 0.3 is 158 Å². The average Bonchev–Trinajstić information content (AvgIpc) is 2.83. The summed E-state index contributed by atoms with van der Waals surface area (Å²) in [5.41, 5.74) is 7.12. The molecule has 152 valence electrons. The van der Waals surface area contributed by atoms with E-state index in [4.69, 9.17) is 0 Å². The van der Waals surface area contributed by atoms with Crippen LogP contribution in [0.25, 0.3) is 0 Å². The molecule has 0 saturated heterocycles. The average molecular weight is 501 g/mol. The fourth-order valence-corrected chi connectivity index (χ4v) is 13.6. The molecule has 2 aliphatic rings. The Morgan fingerprint density at radius 2 is 1.00 bits per heavy atom. The number of halogens is 5. The minimum Gasteiger partial charge on any atom is -1.00 e. The molecule has 0 fully saturated rings. The molecule has 0 bridgehead atoms. The smallest absolute Gasteiger partial charge is 1.00 e. The molecular formula is C21H29Cl2F3Zr. The van der Waals surface area contributed by atoms with Gasteiger partial charge in [-0.3, -0.25) is 0 Å². The van der Waals surface area contributed by atoms with E-state index in [2.05, 4.69) is 41.5 Å². The minimum atomic E-state index is -4.20. The van der Waals surface area contributed by atoms with Crippen molar-refractivity contribution in [2.24, 2.45) is 11.8 Å². The standard InChI is InChI=1S/2C9H13.C3H3F3.2ClH.Zr/c2*1-6-5-7(2)9(4)8(6)3;1-2-3(4,5)6;;;/h2*6H,1-4H3;1H3;2*1H;/q;;;;;+2/p-2. The third-order valence-electron chi connectivity index (χ3n) is 6.62. The molecule has 0 radical (unpaired) electrons. The van der Waals surface area contributed by atoms with Crippen LogP contribution in [0.5, 0.6) is 0 Å². The molecule has 0 aromatic rings. The number of hydrogen-bond acceptors (Lipinski definition) is 0. The van der Waals surface area contributed by atoms with Gasteiger partial charge in [-0.05, 0) is 0 Å². The first kappa shape index (κ1) is 27.1. The van der Waals surface area contributed by atoms with E-state index in [1.54, 1.807) is 0 Å². The first-order valence-electron chi connectivity index (χ1n) is 8.88. The molecular weight excluding hydrogens is 471 g/mol. The van der Waals surface area contributed by atoms with E-state index < -0.39 is 27.4 Å². The van der Waals surface area contributed by atoms with Crippen LogP contribution in [0, 0.1) is 11.8 Å². The summed E-state index contributed by atoms with van der Waals surface area (Å²) >= 11 is -3.23.